The van der Waals surface area contributed by atoms with Crippen molar-refractivity contribution in [2.45, 2.75) is 6.18 Å². The van der Waals surface area contributed by atoms with Crippen molar-refractivity contribution in [3.05, 3.63) is 151 Å². The van der Waals surface area contributed by atoms with Crippen LogP contribution in [0.25, 0.3) is 77.5 Å². The zero-order valence-electron chi connectivity index (χ0n) is 24.3. The van der Waals surface area contributed by atoms with E-state index >= 15 is 0 Å². The predicted octanol–water partition coefficient (Wildman–Crippen LogP) is 11.1. The van der Waals surface area contributed by atoms with Gasteiger partial charge in [0.2, 0.25) is 0 Å². The maximum absolute atomic E-state index is 13.3. The van der Waals surface area contributed by atoms with Crippen LogP contribution in [0.2, 0.25) is 0 Å². The average Bonchev–Trinajstić information content (AvgIpc) is 3.65. The number of rotatable bonds is 4. The van der Waals surface area contributed by atoms with Gasteiger partial charge in [-0.3, -0.25) is 4.57 Å². The van der Waals surface area contributed by atoms with Crippen LogP contribution in [0.15, 0.2) is 146 Å². The summed E-state index contributed by atoms with van der Waals surface area (Å²) in [7, 11) is 0. The molecule has 0 aliphatic carbocycles. The molecule has 0 aliphatic heterocycles. The normalized spacial score (nSPS) is 12.2. The first-order valence-corrected chi connectivity index (χ1v) is 15.1. The van der Waals surface area contributed by atoms with Crippen LogP contribution in [0.3, 0.4) is 0 Å². The second-order valence-corrected chi connectivity index (χ2v) is 11.5. The van der Waals surface area contributed by atoms with E-state index in [0.717, 1.165) is 83.9 Å². The van der Waals surface area contributed by atoms with Crippen LogP contribution in [0.5, 0.6) is 0 Å². The molecule has 9 aromatic rings. The molecule has 0 amide bonds. The SMILES string of the molecule is FC(F)(F)c1ccc(-n2c3cccc4ccc5c(-c6ccc(-n7c(-c8ccccc8)nc8ccccc87)cc6)ccc2c5c43)cc1. The Labute approximate surface area is 261 Å². The second kappa shape index (κ2) is 9.81. The minimum atomic E-state index is -4.38. The van der Waals surface area contributed by atoms with Crippen LogP contribution < -0.4 is 0 Å². The first-order valence-electron chi connectivity index (χ1n) is 15.1. The summed E-state index contributed by atoms with van der Waals surface area (Å²) >= 11 is 0. The Morgan fingerprint density at radius 1 is 0.478 bits per heavy atom. The van der Waals surface area contributed by atoms with Gasteiger partial charge in [-0.05, 0) is 82.6 Å². The number of benzene rings is 7. The molecule has 0 saturated carbocycles. The molecule has 7 aromatic carbocycles. The van der Waals surface area contributed by atoms with Gasteiger partial charge in [-0.1, -0.05) is 84.9 Å². The molecular weight excluding hydrogens is 579 g/mol. The van der Waals surface area contributed by atoms with E-state index in [9.17, 15) is 13.2 Å². The summed E-state index contributed by atoms with van der Waals surface area (Å²) in [5.41, 5.74) is 8.16. The van der Waals surface area contributed by atoms with E-state index in [-0.39, 0.29) is 0 Å². The van der Waals surface area contributed by atoms with Crippen molar-refractivity contribution in [2.24, 2.45) is 0 Å². The third-order valence-electron chi connectivity index (χ3n) is 8.94. The van der Waals surface area contributed by atoms with Crippen molar-refractivity contribution in [3.8, 4) is 33.9 Å². The largest absolute Gasteiger partial charge is 0.416 e. The van der Waals surface area contributed by atoms with E-state index in [1.165, 1.54) is 0 Å². The fourth-order valence-corrected chi connectivity index (χ4v) is 6.88. The summed E-state index contributed by atoms with van der Waals surface area (Å²) in [4.78, 5) is 4.98. The van der Waals surface area contributed by atoms with E-state index in [1.54, 1.807) is 12.1 Å². The van der Waals surface area contributed by atoms with Crippen molar-refractivity contribution in [1.82, 2.24) is 14.1 Å². The summed E-state index contributed by atoms with van der Waals surface area (Å²) in [6.07, 6.45) is -4.38. The number of hydrogen-bond donors (Lipinski definition) is 0. The van der Waals surface area contributed by atoms with Gasteiger partial charge in [-0.15, -0.1) is 0 Å². The van der Waals surface area contributed by atoms with Crippen LogP contribution >= 0.6 is 0 Å². The summed E-state index contributed by atoms with van der Waals surface area (Å²) in [5.74, 6) is 0.887. The minimum Gasteiger partial charge on any atom is -0.309 e. The Morgan fingerprint density at radius 3 is 1.93 bits per heavy atom. The summed E-state index contributed by atoms with van der Waals surface area (Å²) in [6, 6.07) is 46.9. The predicted molar refractivity (Wildman–Crippen MR) is 180 cm³/mol. The number of fused-ring (bicyclic) bond motifs is 1. The smallest absolute Gasteiger partial charge is 0.309 e. The molecule has 0 aliphatic rings. The topological polar surface area (TPSA) is 22.8 Å². The van der Waals surface area contributed by atoms with E-state index in [2.05, 4.69) is 81.9 Å². The van der Waals surface area contributed by atoms with Gasteiger partial charge >= 0.3 is 6.18 Å². The molecule has 2 heterocycles. The molecule has 0 unspecified atom stereocenters. The molecule has 0 N–H and O–H groups in total. The molecule has 0 bridgehead atoms. The van der Waals surface area contributed by atoms with Crippen molar-refractivity contribution < 1.29 is 13.2 Å². The third-order valence-corrected chi connectivity index (χ3v) is 8.94. The molecular formula is C40H24F3N3. The van der Waals surface area contributed by atoms with Crippen LogP contribution in [0.1, 0.15) is 5.56 Å². The number of imidazole rings is 1. The second-order valence-electron chi connectivity index (χ2n) is 11.5. The first-order chi connectivity index (χ1) is 22.5. The third kappa shape index (κ3) is 3.96. The monoisotopic (exact) mass is 603 g/mol. The van der Waals surface area contributed by atoms with Gasteiger partial charge in [0.05, 0.1) is 27.6 Å². The number of aromatic nitrogens is 3. The number of halogens is 3. The Balaban J connectivity index is 1.20. The number of para-hydroxylation sites is 2. The van der Waals surface area contributed by atoms with Crippen molar-refractivity contribution >= 4 is 43.6 Å². The molecule has 3 nitrogen and oxygen atoms in total. The lowest BCUT2D eigenvalue weighted by Gasteiger charge is -2.13. The van der Waals surface area contributed by atoms with Crippen molar-refractivity contribution in [2.75, 3.05) is 0 Å². The molecule has 9 rings (SSSR count). The van der Waals surface area contributed by atoms with Crippen LogP contribution in [-0.2, 0) is 6.18 Å². The highest BCUT2D eigenvalue weighted by atomic mass is 19.4. The molecule has 0 fully saturated rings. The number of alkyl halides is 3. The molecule has 220 valence electrons. The Bertz CT molecular complexity index is 2540. The Morgan fingerprint density at radius 2 is 1.15 bits per heavy atom. The summed E-state index contributed by atoms with van der Waals surface area (Å²) < 4.78 is 44.3. The molecule has 0 radical (unpaired) electrons. The lowest BCUT2D eigenvalue weighted by atomic mass is 9.94. The molecule has 46 heavy (non-hydrogen) atoms. The Kier molecular flexibility index (Phi) is 5.66. The standard InChI is InChI=1S/C40H24F3N3/c41-40(42,43)28-16-20-29(21-17-28)45-35-12-6-9-26-15-22-32-31(23-24-36(45)38(32)37(26)35)25-13-18-30(19-14-25)46-34-11-5-4-10-33(34)44-39(46)27-7-2-1-3-8-27/h1-24H. The average molecular weight is 604 g/mol. The quantitative estimate of drug-likeness (QED) is 0.184. The lowest BCUT2D eigenvalue weighted by molar-refractivity contribution is -0.137. The zero-order valence-corrected chi connectivity index (χ0v) is 24.3. The molecule has 0 saturated heterocycles. The van der Waals surface area contributed by atoms with Gasteiger partial charge in [0.25, 0.3) is 0 Å². The van der Waals surface area contributed by atoms with E-state index in [1.807, 2.05) is 48.5 Å². The van der Waals surface area contributed by atoms with Crippen molar-refractivity contribution in [3.63, 3.8) is 0 Å². The van der Waals surface area contributed by atoms with Gasteiger partial charge < -0.3 is 4.57 Å². The van der Waals surface area contributed by atoms with Crippen molar-refractivity contribution in [1.29, 1.82) is 0 Å². The van der Waals surface area contributed by atoms with Crippen LogP contribution in [0.4, 0.5) is 13.2 Å². The maximum atomic E-state index is 13.3. The maximum Gasteiger partial charge on any atom is 0.416 e. The van der Waals surface area contributed by atoms with E-state index in [0.29, 0.717) is 5.69 Å². The Hall–Kier alpha value is -5.88. The fourth-order valence-electron chi connectivity index (χ4n) is 6.88. The number of hydrogen-bond acceptors (Lipinski definition) is 1. The lowest BCUT2D eigenvalue weighted by Crippen LogP contribution is -2.05. The van der Waals surface area contributed by atoms with Crippen LogP contribution in [0, 0.1) is 0 Å². The first kappa shape index (κ1) is 26.5. The fraction of sp³-hybridized carbons (Fsp3) is 0.0250. The number of nitrogens with zero attached hydrogens (tertiary/aromatic N) is 3. The van der Waals surface area contributed by atoms with E-state index in [4.69, 9.17) is 4.98 Å². The van der Waals surface area contributed by atoms with Gasteiger partial charge in [0, 0.05) is 27.7 Å². The summed E-state index contributed by atoms with van der Waals surface area (Å²) in [5, 5.41) is 4.39. The summed E-state index contributed by atoms with van der Waals surface area (Å²) in [6.45, 7) is 0. The van der Waals surface area contributed by atoms with Gasteiger partial charge in [0.15, 0.2) is 0 Å². The minimum absolute atomic E-state index is 0.658. The highest BCUT2D eigenvalue weighted by Gasteiger charge is 2.30. The van der Waals surface area contributed by atoms with Gasteiger partial charge in [0.1, 0.15) is 5.82 Å². The van der Waals surface area contributed by atoms with E-state index < -0.39 is 11.7 Å². The van der Waals surface area contributed by atoms with Gasteiger partial charge in [-0.25, -0.2) is 4.98 Å². The van der Waals surface area contributed by atoms with Crippen LogP contribution in [-0.4, -0.2) is 14.1 Å². The zero-order chi connectivity index (χ0) is 31.0. The van der Waals surface area contributed by atoms with Gasteiger partial charge in [-0.2, -0.15) is 13.2 Å². The molecule has 0 atom stereocenters. The molecule has 6 heteroatoms. The molecule has 2 aromatic heterocycles. The highest BCUT2D eigenvalue weighted by Crippen LogP contribution is 2.43. The highest BCUT2D eigenvalue weighted by molar-refractivity contribution is 6.26. The molecule has 0 spiro atoms.